The summed E-state index contributed by atoms with van der Waals surface area (Å²) in [6.45, 7) is 6.03. The van der Waals surface area contributed by atoms with Crippen molar-refractivity contribution in [3.8, 4) is 5.75 Å². The molecule has 0 aliphatic heterocycles. The third-order valence-electron chi connectivity index (χ3n) is 3.39. The molecular formula is C18H21ClN2O3. The summed E-state index contributed by atoms with van der Waals surface area (Å²) in [6, 6.07) is 9.13. The second kappa shape index (κ2) is 8.55. The van der Waals surface area contributed by atoms with Gasteiger partial charge in [-0.25, -0.2) is 5.43 Å². The van der Waals surface area contributed by atoms with Gasteiger partial charge in [-0.1, -0.05) is 11.6 Å². The number of furan rings is 1. The molecule has 24 heavy (non-hydrogen) atoms. The van der Waals surface area contributed by atoms with Crippen LogP contribution in [0.2, 0.25) is 5.02 Å². The number of benzene rings is 1. The highest BCUT2D eigenvalue weighted by Crippen LogP contribution is 2.21. The van der Waals surface area contributed by atoms with Crippen molar-refractivity contribution < 1.29 is 13.9 Å². The molecule has 2 rings (SSSR count). The Hall–Kier alpha value is -2.27. The Morgan fingerprint density at radius 3 is 2.75 bits per heavy atom. The third-order valence-corrected chi connectivity index (χ3v) is 3.62. The maximum Gasteiger partial charge on any atom is 0.240 e. The maximum atomic E-state index is 11.8. The van der Waals surface area contributed by atoms with E-state index in [0.717, 1.165) is 17.1 Å². The number of hydrazone groups is 1. The Morgan fingerprint density at radius 1 is 1.29 bits per heavy atom. The van der Waals surface area contributed by atoms with Crippen LogP contribution >= 0.6 is 11.6 Å². The Morgan fingerprint density at radius 2 is 2.08 bits per heavy atom. The lowest BCUT2D eigenvalue weighted by atomic mass is 10.2. The number of carbonyl (C=O) groups is 1. The van der Waals surface area contributed by atoms with Crippen LogP contribution in [-0.4, -0.2) is 18.2 Å². The minimum atomic E-state index is -0.158. The molecule has 1 aromatic heterocycles. The van der Waals surface area contributed by atoms with Crippen LogP contribution in [0.4, 0.5) is 0 Å². The van der Waals surface area contributed by atoms with E-state index in [-0.39, 0.29) is 5.91 Å². The number of halogens is 1. The van der Waals surface area contributed by atoms with Gasteiger partial charge in [0, 0.05) is 11.4 Å². The molecular weight excluding hydrogens is 328 g/mol. The summed E-state index contributed by atoms with van der Waals surface area (Å²) in [5.41, 5.74) is 4.13. The van der Waals surface area contributed by atoms with Crippen molar-refractivity contribution in [3.63, 3.8) is 0 Å². The summed E-state index contributed by atoms with van der Waals surface area (Å²) in [5.74, 6) is 2.07. The standard InChI is InChI=1S/C18H21ClN2O3/c1-12-11-15(19)7-9-16(12)23-10-4-5-18(22)21-20-14(3)17-8-6-13(2)24-17/h6-9,11H,4-5,10H2,1-3H3,(H,21,22)/b20-14-. The van der Waals surface area contributed by atoms with Gasteiger partial charge in [-0.15, -0.1) is 0 Å². The van der Waals surface area contributed by atoms with E-state index in [2.05, 4.69) is 10.5 Å². The minimum Gasteiger partial charge on any atom is -0.493 e. The van der Waals surface area contributed by atoms with Gasteiger partial charge >= 0.3 is 0 Å². The zero-order valence-corrected chi connectivity index (χ0v) is 14.8. The number of hydrogen-bond acceptors (Lipinski definition) is 4. The normalized spacial score (nSPS) is 11.4. The largest absolute Gasteiger partial charge is 0.493 e. The van der Waals surface area contributed by atoms with Crippen LogP contribution in [0, 0.1) is 13.8 Å². The summed E-state index contributed by atoms with van der Waals surface area (Å²) in [7, 11) is 0. The Bertz CT molecular complexity index is 738. The van der Waals surface area contributed by atoms with Crippen molar-refractivity contribution in [1.29, 1.82) is 0 Å². The van der Waals surface area contributed by atoms with Crippen molar-refractivity contribution >= 4 is 23.2 Å². The molecule has 0 spiro atoms. The van der Waals surface area contributed by atoms with Crippen molar-refractivity contribution in [2.45, 2.75) is 33.6 Å². The topological polar surface area (TPSA) is 63.8 Å². The number of nitrogens with zero attached hydrogens (tertiary/aromatic N) is 1. The van der Waals surface area contributed by atoms with Crippen LogP contribution in [-0.2, 0) is 4.79 Å². The van der Waals surface area contributed by atoms with Gasteiger partial charge < -0.3 is 9.15 Å². The van der Waals surface area contributed by atoms with E-state index in [1.165, 1.54) is 0 Å². The lowest BCUT2D eigenvalue weighted by Crippen LogP contribution is -2.19. The van der Waals surface area contributed by atoms with Crippen LogP contribution < -0.4 is 10.2 Å². The molecule has 128 valence electrons. The molecule has 5 nitrogen and oxygen atoms in total. The molecule has 0 saturated heterocycles. The van der Waals surface area contributed by atoms with E-state index in [4.69, 9.17) is 20.8 Å². The number of ether oxygens (including phenoxy) is 1. The Kier molecular flexibility index (Phi) is 6.44. The molecule has 1 heterocycles. The molecule has 1 amide bonds. The summed E-state index contributed by atoms with van der Waals surface area (Å²) >= 11 is 5.90. The molecule has 0 fully saturated rings. The Balaban J connectivity index is 1.71. The lowest BCUT2D eigenvalue weighted by Gasteiger charge is -2.09. The summed E-state index contributed by atoms with van der Waals surface area (Å²) in [5, 5.41) is 4.72. The predicted molar refractivity (Wildman–Crippen MR) is 94.7 cm³/mol. The number of nitrogens with one attached hydrogen (secondary N) is 1. The second-order valence-electron chi connectivity index (χ2n) is 5.50. The quantitative estimate of drug-likeness (QED) is 0.462. The summed E-state index contributed by atoms with van der Waals surface area (Å²) in [4.78, 5) is 11.8. The van der Waals surface area contributed by atoms with Gasteiger partial charge in [0.2, 0.25) is 5.91 Å². The zero-order chi connectivity index (χ0) is 17.5. The molecule has 2 aromatic rings. The predicted octanol–water partition coefficient (Wildman–Crippen LogP) is 4.25. The SMILES string of the molecule is C/C(=N/NC(=O)CCCOc1ccc(Cl)cc1C)c1ccc(C)o1. The first-order chi connectivity index (χ1) is 11.5. The first kappa shape index (κ1) is 18.1. The molecule has 0 aliphatic rings. The number of hydrogen-bond donors (Lipinski definition) is 1. The van der Waals surface area contributed by atoms with Crippen LogP contribution in [0.1, 0.15) is 36.8 Å². The van der Waals surface area contributed by atoms with E-state index >= 15 is 0 Å². The van der Waals surface area contributed by atoms with Crippen molar-refractivity contribution in [1.82, 2.24) is 5.43 Å². The number of carbonyl (C=O) groups excluding carboxylic acids is 1. The van der Waals surface area contributed by atoms with Crippen molar-refractivity contribution in [2.24, 2.45) is 5.10 Å². The van der Waals surface area contributed by atoms with Gasteiger partial charge in [-0.3, -0.25) is 4.79 Å². The van der Waals surface area contributed by atoms with Crippen molar-refractivity contribution in [3.05, 3.63) is 52.4 Å². The van der Waals surface area contributed by atoms with Gasteiger partial charge in [-0.05, 0) is 63.1 Å². The molecule has 0 saturated carbocycles. The monoisotopic (exact) mass is 348 g/mol. The molecule has 1 aromatic carbocycles. The van der Waals surface area contributed by atoms with Crippen LogP contribution in [0.15, 0.2) is 39.9 Å². The fourth-order valence-electron chi connectivity index (χ4n) is 2.08. The minimum absolute atomic E-state index is 0.158. The van der Waals surface area contributed by atoms with E-state index < -0.39 is 0 Å². The smallest absolute Gasteiger partial charge is 0.240 e. The van der Waals surface area contributed by atoms with Crippen LogP contribution in [0.25, 0.3) is 0 Å². The van der Waals surface area contributed by atoms with Crippen LogP contribution in [0.5, 0.6) is 5.75 Å². The van der Waals surface area contributed by atoms with Gasteiger partial charge in [0.15, 0.2) is 0 Å². The van der Waals surface area contributed by atoms with Gasteiger partial charge in [0.05, 0.1) is 6.61 Å². The van der Waals surface area contributed by atoms with Gasteiger partial charge in [0.25, 0.3) is 0 Å². The number of amides is 1. The van der Waals surface area contributed by atoms with Crippen LogP contribution in [0.3, 0.4) is 0 Å². The molecule has 0 unspecified atom stereocenters. The number of aryl methyl sites for hydroxylation is 2. The molecule has 0 aliphatic carbocycles. The fourth-order valence-corrected chi connectivity index (χ4v) is 2.30. The summed E-state index contributed by atoms with van der Waals surface area (Å²) < 4.78 is 11.1. The highest BCUT2D eigenvalue weighted by atomic mass is 35.5. The molecule has 1 N–H and O–H groups in total. The highest BCUT2D eigenvalue weighted by Gasteiger charge is 2.05. The molecule has 6 heteroatoms. The molecule has 0 radical (unpaired) electrons. The van der Waals surface area contributed by atoms with E-state index in [0.29, 0.717) is 35.9 Å². The highest BCUT2D eigenvalue weighted by molar-refractivity contribution is 6.30. The first-order valence-electron chi connectivity index (χ1n) is 7.74. The van der Waals surface area contributed by atoms with E-state index in [1.54, 1.807) is 13.0 Å². The van der Waals surface area contributed by atoms with Gasteiger partial charge in [0.1, 0.15) is 23.0 Å². The lowest BCUT2D eigenvalue weighted by molar-refractivity contribution is -0.121. The van der Waals surface area contributed by atoms with E-state index in [1.807, 2.05) is 38.1 Å². The zero-order valence-electron chi connectivity index (χ0n) is 14.1. The average molecular weight is 349 g/mol. The third kappa shape index (κ3) is 5.42. The van der Waals surface area contributed by atoms with E-state index in [9.17, 15) is 4.79 Å². The molecule has 0 bridgehead atoms. The number of rotatable bonds is 7. The van der Waals surface area contributed by atoms with Gasteiger partial charge in [-0.2, -0.15) is 5.10 Å². The fraction of sp³-hybridized carbons (Fsp3) is 0.333. The van der Waals surface area contributed by atoms with Crippen molar-refractivity contribution in [2.75, 3.05) is 6.61 Å². The summed E-state index contributed by atoms with van der Waals surface area (Å²) in [6.07, 6.45) is 0.933. The maximum absolute atomic E-state index is 11.8. The molecule has 0 atom stereocenters. The first-order valence-corrected chi connectivity index (χ1v) is 8.12. The Labute approximate surface area is 146 Å². The second-order valence-corrected chi connectivity index (χ2v) is 5.94. The average Bonchev–Trinajstić information content (AvgIpc) is 2.97.